The average molecular weight is 486 g/mol. The zero-order chi connectivity index (χ0) is 25.3. The minimum atomic E-state index is -0.998. The summed E-state index contributed by atoms with van der Waals surface area (Å²) in [5, 5.41) is 17.1. The van der Waals surface area contributed by atoms with Gasteiger partial charge in [-0.05, 0) is 50.1 Å². The molecule has 3 aromatic rings. The predicted molar refractivity (Wildman–Crippen MR) is 133 cm³/mol. The van der Waals surface area contributed by atoms with E-state index < -0.39 is 23.1 Å². The number of rotatable bonds is 4. The van der Waals surface area contributed by atoms with Crippen molar-refractivity contribution < 1.29 is 18.7 Å². The normalized spacial score (nSPS) is 19.1. The number of amides is 1. The van der Waals surface area contributed by atoms with Crippen LogP contribution < -0.4 is 10.6 Å². The number of fused-ring (bicyclic) bond motifs is 1. The molecule has 7 nitrogen and oxygen atoms in total. The standard InChI is InChI=1S/C24H27F2N5O2.C2H6/c1-14-6-7-17(16(25)9-14)29-21-15(10-18-22(20(21)26)28-13-30(18)2)23(32)31-11-24(33,12-31)19-5-3-4-8-27-19;1-2/h6-7,9-10,13,19,27,29,33H,3-5,8,11-12H2,1-2H3;1-2H3. The number of nitrogens with one attached hydrogen (secondary N) is 2. The Hall–Kier alpha value is -3.04. The molecule has 2 fully saturated rings. The molecule has 0 bridgehead atoms. The van der Waals surface area contributed by atoms with E-state index in [0.717, 1.165) is 31.4 Å². The van der Waals surface area contributed by atoms with Gasteiger partial charge in [0, 0.05) is 13.1 Å². The fourth-order valence-corrected chi connectivity index (χ4v) is 4.83. The van der Waals surface area contributed by atoms with Crippen LogP contribution in [0.2, 0.25) is 0 Å². The molecule has 2 aromatic carbocycles. The van der Waals surface area contributed by atoms with Gasteiger partial charge in [-0.3, -0.25) is 4.79 Å². The molecule has 188 valence electrons. The van der Waals surface area contributed by atoms with Crippen LogP contribution in [0.3, 0.4) is 0 Å². The number of halogens is 2. The number of carbonyl (C=O) groups excluding carboxylic acids is 1. The van der Waals surface area contributed by atoms with Crippen LogP contribution in [0.15, 0.2) is 30.6 Å². The summed E-state index contributed by atoms with van der Waals surface area (Å²) < 4.78 is 31.7. The maximum atomic E-state index is 15.5. The molecule has 9 heteroatoms. The zero-order valence-corrected chi connectivity index (χ0v) is 20.7. The first-order chi connectivity index (χ1) is 16.8. The molecule has 3 N–H and O–H groups in total. The fraction of sp³-hybridized carbons (Fsp3) is 0.462. The maximum Gasteiger partial charge on any atom is 0.256 e. The molecule has 2 aliphatic rings. The van der Waals surface area contributed by atoms with Crippen molar-refractivity contribution in [2.45, 2.75) is 51.7 Å². The van der Waals surface area contributed by atoms with E-state index >= 15 is 4.39 Å². The number of likely N-dealkylation sites (tertiary alicyclic amines) is 1. The van der Waals surface area contributed by atoms with Crippen LogP contribution in [0, 0.1) is 18.6 Å². The molecule has 1 amide bonds. The first-order valence-corrected chi connectivity index (χ1v) is 12.2. The summed E-state index contributed by atoms with van der Waals surface area (Å²) >= 11 is 0. The monoisotopic (exact) mass is 485 g/mol. The van der Waals surface area contributed by atoms with E-state index in [2.05, 4.69) is 15.6 Å². The molecule has 1 aromatic heterocycles. The highest BCUT2D eigenvalue weighted by atomic mass is 19.1. The zero-order valence-electron chi connectivity index (χ0n) is 20.7. The minimum absolute atomic E-state index is 0.0640. The van der Waals surface area contributed by atoms with Crippen molar-refractivity contribution in [1.82, 2.24) is 19.8 Å². The van der Waals surface area contributed by atoms with Gasteiger partial charge in [0.2, 0.25) is 0 Å². The Morgan fingerprint density at radius 1 is 1.23 bits per heavy atom. The van der Waals surface area contributed by atoms with Gasteiger partial charge in [-0.15, -0.1) is 0 Å². The number of imidazole rings is 1. The first kappa shape index (κ1) is 25.1. The quantitative estimate of drug-likeness (QED) is 0.515. The largest absolute Gasteiger partial charge is 0.385 e. The van der Waals surface area contributed by atoms with Gasteiger partial charge < -0.3 is 25.2 Å². The molecule has 1 atom stereocenters. The molecular formula is C26H33F2N5O2. The Balaban J connectivity index is 0.00000141. The van der Waals surface area contributed by atoms with Gasteiger partial charge in [0.05, 0.1) is 41.9 Å². The molecule has 3 heterocycles. The van der Waals surface area contributed by atoms with Gasteiger partial charge in [0.1, 0.15) is 16.9 Å². The number of aliphatic hydroxyl groups is 1. The van der Waals surface area contributed by atoms with E-state index in [0.29, 0.717) is 5.52 Å². The van der Waals surface area contributed by atoms with Gasteiger partial charge >= 0.3 is 0 Å². The molecule has 0 saturated carbocycles. The molecule has 35 heavy (non-hydrogen) atoms. The van der Waals surface area contributed by atoms with Crippen molar-refractivity contribution in [3.63, 3.8) is 0 Å². The number of anilines is 2. The lowest BCUT2D eigenvalue weighted by Gasteiger charge is -2.51. The Labute approximate surface area is 204 Å². The molecule has 1 unspecified atom stereocenters. The second kappa shape index (κ2) is 9.91. The summed E-state index contributed by atoms with van der Waals surface area (Å²) in [5.74, 6) is -1.69. The minimum Gasteiger partial charge on any atom is -0.385 e. The number of nitrogens with zero attached hydrogens (tertiary/aromatic N) is 3. The molecule has 0 aliphatic carbocycles. The molecule has 5 rings (SSSR count). The van der Waals surface area contributed by atoms with Crippen LogP contribution in [-0.4, -0.2) is 56.7 Å². The second-order valence-corrected chi connectivity index (χ2v) is 9.21. The van der Waals surface area contributed by atoms with Crippen LogP contribution >= 0.6 is 0 Å². The smallest absolute Gasteiger partial charge is 0.256 e. The van der Waals surface area contributed by atoms with E-state index in [1.54, 1.807) is 30.7 Å². The number of aromatic nitrogens is 2. The molecule has 0 spiro atoms. The SMILES string of the molecule is CC.Cc1ccc(Nc2c(C(=O)N3CC(O)(C4CCCCN4)C3)cc3c(ncn3C)c2F)c(F)c1. The number of hydrogen-bond acceptors (Lipinski definition) is 5. The summed E-state index contributed by atoms with van der Waals surface area (Å²) in [4.78, 5) is 19.0. The lowest BCUT2D eigenvalue weighted by atomic mass is 9.81. The summed E-state index contributed by atoms with van der Waals surface area (Å²) in [6.45, 7) is 6.92. The van der Waals surface area contributed by atoms with Crippen molar-refractivity contribution in [3.05, 3.63) is 53.4 Å². The highest BCUT2D eigenvalue weighted by Gasteiger charge is 2.49. The van der Waals surface area contributed by atoms with E-state index in [4.69, 9.17) is 0 Å². The van der Waals surface area contributed by atoms with Gasteiger partial charge in [0.25, 0.3) is 5.91 Å². The van der Waals surface area contributed by atoms with Gasteiger partial charge in [-0.25, -0.2) is 13.8 Å². The molecular weight excluding hydrogens is 452 g/mol. The lowest BCUT2D eigenvalue weighted by molar-refractivity contribution is -0.108. The summed E-state index contributed by atoms with van der Waals surface area (Å²) in [6, 6.07) is 6.06. The lowest BCUT2D eigenvalue weighted by Crippen LogP contribution is -2.72. The van der Waals surface area contributed by atoms with Crippen molar-refractivity contribution in [1.29, 1.82) is 0 Å². The topological polar surface area (TPSA) is 82.4 Å². The van der Waals surface area contributed by atoms with E-state index in [1.165, 1.54) is 23.4 Å². The number of aryl methyl sites for hydroxylation is 2. The average Bonchev–Trinajstić information content (AvgIpc) is 3.22. The third kappa shape index (κ3) is 4.62. The Kier molecular flexibility index (Phi) is 7.10. The number of benzene rings is 2. The van der Waals surface area contributed by atoms with Crippen LogP contribution in [0.4, 0.5) is 20.2 Å². The van der Waals surface area contributed by atoms with Crippen molar-refractivity contribution in [2.24, 2.45) is 7.05 Å². The Morgan fingerprint density at radius 3 is 2.63 bits per heavy atom. The number of piperidine rings is 1. The van der Waals surface area contributed by atoms with Gasteiger partial charge in [-0.2, -0.15) is 0 Å². The van der Waals surface area contributed by atoms with E-state index in [1.807, 2.05) is 13.8 Å². The third-order valence-electron chi connectivity index (χ3n) is 6.75. The first-order valence-electron chi connectivity index (χ1n) is 12.2. The summed E-state index contributed by atoms with van der Waals surface area (Å²) in [5.41, 5.74) is 0.289. The van der Waals surface area contributed by atoms with Crippen molar-refractivity contribution in [3.8, 4) is 0 Å². The van der Waals surface area contributed by atoms with E-state index in [9.17, 15) is 14.3 Å². The summed E-state index contributed by atoms with van der Waals surface area (Å²) in [7, 11) is 1.72. The number of β-amino-alcohol motifs (C(OH)–C–C–N with tert-alkyl or cyclic N) is 1. The highest BCUT2D eigenvalue weighted by molar-refractivity contribution is 6.04. The number of hydrogen-bond donors (Lipinski definition) is 3. The molecule has 2 aliphatic heterocycles. The fourth-order valence-electron chi connectivity index (χ4n) is 4.83. The highest BCUT2D eigenvalue weighted by Crippen LogP contribution is 2.35. The van der Waals surface area contributed by atoms with Gasteiger partial charge in [-0.1, -0.05) is 26.3 Å². The second-order valence-electron chi connectivity index (χ2n) is 9.21. The Morgan fingerprint density at radius 2 is 1.97 bits per heavy atom. The third-order valence-corrected chi connectivity index (χ3v) is 6.75. The summed E-state index contributed by atoms with van der Waals surface area (Å²) in [6.07, 6.45) is 4.43. The Bertz CT molecular complexity index is 1230. The van der Waals surface area contributed by atoms with Crippen LogP contribution in [0.25, 0.3) is 11.0 Å². The van der Waals surface area contributed by atoms with Gasteiger partial charge in [0.15, 0.2) is 5.82 Å². The maximum absolute atomic E-state index is 15.5. The van der Waals surface area contributed by atoms with Crippen LogP contribution in [0.5, 0.6) is 0 Å². The predicted octanol–water partition coefficient (Wildman–Crippen LogP) is 4.26. The van der Waals surface area contributed by atoms with Crippen LogP contribution in [-0.2, 0) is 7.05 Å². The number of carbonyl (C=O) groups is 1. The molecule has 0 radical (unpaired) electrons. The van der Waals surface area contributed by atoms with Crippen molar-refractivity contribution >= 4 is 28.3 Å². The van der Waals surface area contributed by atoms with E-state index in [-0.39, 0.29) is 41.6 Å². The van der Waals surface area contributed by atoms with Crippen LogP contribution in [0.1, 0.15) is 49.0 Å². The molecule has 2 saturated heterocycles. The van der Waals surface area contributed by atoms with Crippen molar-refractivity contribution in [2.75, 3.05) is 25.0 Å².